The highest BCUT2D eigenvalue weighted by molar-refractivity contribution is 5.73. The lowest BCUT2D eigenvalue weighted by Crippen LogP contribution is -2.27. The lowest BCUT2D eigenvalue weighted by Gasteiger charge is -2.12. The Hall–Kier alpha value is -1.39. The zero-order chi connectivity index (χ0) is 11.5. The molecular formula is C12H17N3O. The SMILES string of the molecule is Cc1nc2ccc(CCN(C)CN)cc2o1. The number of likely N-dealkylation sites (N-methyl/N-ethyl adjacent to an activating group) is 1. The molecule has 1 heterocycles. The molecule has 0 atom stereocenters. The number of aryl methyl sites for hydroxylation is 1. The molecule has 86 valence electrons. The zero-order valence-corrected chi connectivity index (χ0v) is 9.73. The van der Waals surface area contributed by atoms with Gasteiger partial charge in [-0.1, -0.05) is 6.07 Å². The molecule has 0 fully saturated rings. The monoisotopic (exact) mass is 219 g/mol. The van der Waals surface area contributed by atoms with Crippen molar-refractivity contribution in [1.82, 2.24) is 9.88 Å². The molecule has 0 amide bonds. The molecule has 16 heavy (non-hydrogen) atoms. The van der Waals surface area contributed by atoms with Crippen LogP contribution in [0.5, 0.6) is 0 Å². The quantitative estimate of drug-likeness (QED) is 0.792. The van der Waals surface area contributed by atoms with Crippen LogP contribution in [-0.4, -0.2) is 30.1 Å². The lowest BCUT2D eigenvalue weighted by molar-refractivity contribution is 0.349. The molecule has 2 aromatic rings. The number of oxazole rings is 1. The standard InChI is InChI=1S/C12H17N3O/c1-9-14-11-4-3-10(7-12(11)16-9)5-6-15(2)8-13/h3-4,7H,5-6,8,13H2,1-2H3. The highest BCUT2D eigenvalue weighted by atomic mass is 16.3. The Morgan fingerprint density at radius 3 is 3.00 bits per heavy atom. The van der Waals surface area contributed by atoms with Crippen molar-refractivity contribution >= 4 is 11.1 Å². The van der Waals surface area contributed by atoms with Crippen LogP contribution < -0.4 is 5.73 Å². The van der Waals surface area contributed by atoms with E-state index >= 15 is 0 Å². The first-order chi connectivity index (χ1) is 7.69. The van der Waals surface area contributed by atoms with Gasteiger partial charge in [0.15, 0.2) is 11.5 Å². The normalized spacial score (nSPS) is 11.5. The number of nitrogens with two attached hydrogens (primary N) is 1. The van der Waals surface area contributed by atoms with E-state index in [0.29, 0.717) is 12.6 Å². The number of fused-ring (bicyclic) bond motifs is 1. The van der Waals surface area contributed by atoms with Crippen LogP contribution in [0.1, 0.15) is 11.5 Å². The van der Waals surface area contributed by atoms with Crippen LogP contribution in [-0.2, 0) is 6.42 Å². The Bertz CT molecular complexity index is 478. The van der Waals surface area contributed by atoms with E-state index in [0.717, 1.165) is 24.1 Å². The summed E-state index contributed by atoms with van der Waals surface area (Å²) < 4.78 is 5.49. The van der Waals surface area contributed by atoms with Crippen molar-refractivity contribution in [3.63, 3.8) is 0 Å². The van der Waals surface area contributed by atoms with Crippen molar-refractivity contribution in [2.45, 2.75) is 13.3 Å². The fraction of sp³-hybridized carbons (Fsp3) is 0.417. The van der Waals surface area contributed by atoms with Crippen molar-refractivity contribution in [2.75, 3.05) is 20.3 Å². The molecule has 0 aliphatic carbocycles. The Balaban J connectivity index is 2.13. The number of hydrogen-bond acceptors (Lipinski definition) is 4. The number of hydrogen-bond donors (Lipinski definition) is 1. The predicted molar refractivity (Wildman–Crippen MR) is 64.1 cm³/mol. The maximum absolute atomic E-state index is 5.53. The Morgan fingerprint density at radius 1 is 1.44 bits per heavy atom. The molecule has 1 aromatic carbocycles. The molecule has 4 nitrogen and oxygen atoms in total. The summed E-state index contributed by atoms with van der Waals surface area (Å²) in [5.41, 5.74) is 8.57. The second kappa shape index (κ2) is 4.63. The number of nitrogens with zero attached hydrogens (tertiary/aromatic N) is 2. The first kappa shape index (κ1) is 11.1. The van der Waals surface area contributed by atoms with Crippen LogP contribution in [0, 0.1) is 6.92 Å². The molecule has 0 spiro atoms. The minimum atomic E-state index is 0.587. The van der Waals surface area contributed by atoms with Gasteiger partial charge < -0.3 is 10.2 Å². The van der Waals surface area contributed by atoms with Crippen LogP contribution in [0.15, 0.2) is 22.6 Å². The Morgan fingerprint density at radius 2 is 2.25 bits per heavy atom. The Kier molecular flexibility index (Phi) is 3.22. The molecule has 0 saturated heterocycles. The summed E-state index contributed by atoms with van der Waals surface area (Å²) in [6.07, 6.45) is 0.976. The summed E-state index contributed by atoms with van der Waals surface area (Å²) in [5.74, 6) is 0.714. The largest absolute Gasteiger partial charge is 0.441 e. The lowest BCUT2D eigenvalue weighted by atomic mass is 10.1. The first-order valence-electron chi connectivity index (χ1n) is 5.43. The maximum atomic E-state index is 5.53. The molecule has 4 heteroatoms. The van der Waals surface area contributed by atoms with Crippen LogP contribution in [0.2, 0.25) is 0 Å². The molecule has 0 aliphatic heterocycles. The highest BCUT2D eigenvalue weighted by Gasteiger charge is 2.03. The van der Waals surface area contributed by atoms with Gasteiger partial charge in [-0.05, 0) is 31.2 Å². The summed E-state index contributed by atoms with van der Waals surface area (Å²) in [5, 5.41) is 0. The van der Waals surface area contributed by atoms with E-state index in [-0.39, 0.29) is 0 Å². The van der Waals surface area contributed by atoms with Gasteiger partial charge in [-0.2, -0.15) is 0 Å². The number of benzene rings is 1. The molecule has 0 unspecified atom stereocenters. The van der Waals surface area contributed by atoms with E-state index in [1.54, 1.807) is 0 Å². The fourth-order valence-electron chi connectivity index (χ4n) is 1.65. The van der Waals surface area contributed by atoms with Gasteiger partial charge in [0.05, 0.1) is 0 Å². The number of aromatic nitrogens is 1. The average molecular weight is 219 g/mol. The minimum Gasteiger partial charge on any atom is -0.441 e. The van der Waals surface area contributed by atoms with E-state index in [9.17, 15) is 0 Å². The average Bonchev–Trinajstić information content (AvgIpc) is 2.65. The van der Waals surface area contributed by atoms with E-state index in [4.69, 9.17) is 10.2 Å². The van der Waals surface area contributed by atoms with Crippen molar-refractivity contribution in [3.05, 3.63) is 29.7 Å². The predicted octanol–water partition coefficient (Wildman–Crippen LogP) is 1.53. The number of rotatable bonds is 4. The second-order valence-electron chi connectivity index (χ2n) is 4.05. The maximum Gasteiger partial charge on any atom is 0.192 e. The van der Waals surface area contributed by atoms with Gasteiger partial charge in [-0.25, -0.2) is 4.98 Å². The molecule has 0 aliphatic rings. The van der Waals surface area contributed by atoms with E-state index < -0.39 is 0 Å². The van der Waals surface area contributed by atoms with Gasteiger partial charge in [0.25, 0.3) is 0 Å². The Labute approximate surface area is 95.1 Å². The van der Waals surface area contributed by atoms with Crippen molar-refractivity contribution in [2.24, 2.45) is 5.73 Å². The summed E-state index contributed by atoms with van der Waals surface area (Å²) in [6.45, 7) is 3.40. The molecule has 2 rings (SSSR count). The summed E-state index contributed by atoms with van der Waals surface area (Å²) in [6, 6.07) is 6.15. The third-order valence-electron chi connectivity index (χ3n) is 2.65. The molecule has 0 saturated carbocycles. The van der Waals surface area contributed by atoms with Crippen LogP contribution in [0.4, 0.5) is 0 Å². The summed E-state index contributed by atoms with van der Waals surface area (Å²) in [7, 11) is 2.01. The van der Waals surface area contributed by atoms with Crippen LogP contribution in [0.3, 0.4) is 0 Å². The van der Waals surface area contributed by atoms with Crippen LogP contribution in [0.25, 0.3) is 11.1 Å². The van der Waals surface area contributed by atoms with Gasteiger partial charge in [0.1, 0.15) is 5.52 Å². The van der Waals surface area contributed by atoms with E-state index in [1.807, 2.05) is 20.0 Å². The van der Waals surface area contributed by atoms with Crippen molar-refractivity contribution in [3.8, 4) is 0 Å². The van der Waals surface area contributed by atoms with Gasteiger partial charge in [0.2, 0.25) is 0 Å². The molecule has 1 aromatic heterocycles. The molecule has 0 bridgehead atoms. The summed E-state index contributed by atoms with van der Waals surface area (Å²) in [4.78, 5) is 6.35. The van der Waals surface area contributed by atoms with Gasteiger partial charge >= 0.3 is 0 Å². The minimum absolute atomic E-state index is 0.587. The van der Waals surface area contributed by atoms with Crippen molar-refractivity contribution in [1.29, 1.82) is 0 Å². The third kappa shape index (κ3) is 2.40. The summed E-state index contributed by atoms with van der Waals surface area (Å²) >= 11 is 0. The van der Waals surface area contributed by atoms with E-state index in [2.05, 4.69) is 22.0 Å². The van der Waals surface area contributed by atoms with Gasteiger partial charge in [-0.3, -0.25) is 4.90 Å². The second-order valence-corrected chi connectivity index (χ2v) is 4.05. The third-order valence-corrected chi connectivity index (χ3v) is 2.65. The zero-order valence-electron chi connectivity index (χ0n) is 9.73. The van der Waals surface area contributed by atoms with E-state index in [1.165, 1.54) is 5.56 Å². The van der Waals surface area contributed by atoms with Crippen LogP contribution >= 0.6 is 0 Å². The molecular weight excluding hydrogens is 202 g/mol. The smallest absolute Gasteiger partial charge is 0.192 e. The van der Waals surface area contributed by atoms with Gasteiger partial charge in [-0.15, -0.1) is 0 Å². The molecule has 2 N–H and O–H groups in total. The molecule has 0 radical (unpaired) electrons. The topological polar surface area (TPSA) is 55.3 Å². The van der Waals surface area contributed by atoms with Crippen molar-refractivity contribution < 1.29 is 4.42 Å². The fourth-order valence-corrected chi connectivity index (χ4v) is 1.65. The van der Waals surface area contributed by atoms with Gasteiger partial charge in [0, 0.05) is 20.1 Å². The first-order valence-corrected chi connectivity index (χ1v) is 5.43. The highest BCUT2D eigenvalue weighted by Crippen LogP contribution is 2.17.